The van der Waals surface area contributed by atoms with E-state index in [9.17, 15) is 0 Å². The molecule has 0 amide bonds. The highest BCUT2D eigenvalue weighted by Crippen LogP contribution is 2.14. The van der Waals surface area contributed by atoms with Crippen LogP contribution in [0.3, 0.4) is 0 Å². The zero-order valence-corrected chi connectivity index (χ0v) is 11.5. The molecule has 0 radical (unpaired) electrons. The molecule has 0 bridgehead atoms. The van der Waals surface area contributed by atoms with Gasteiger partial charge in [0.2, 0.25) is 0 Å². The van der Waals surface area contributed by atoms with Gasteiger partial charge in [-0.2, -0.15) is 0 Å². The molecule has 3 heterocycles. The van der Waals surface area contributed by atoms with Crippen molar-refractivity contribution >= 4 is 47.6 Å². The van der Waals surface area contributed by atoms with Crippen LogP contribution in [0.5, 0.6) is 0 Å². The molecule has 0 spiro atoms. The van der Waals surface area contributed by atoms with E-state index in [0.29, 0.717) is 6.73 Å². The molecule has 0 aromatic carbocycles. The van der Waals surface area contributed by atoms with E-state index in [1.165, 1.54) is 5.08 Å². The zero-order chi connectivity index (χ0) is 10.6. The molecule has 5 nitrogen and oxygen atoms in total. The molecule has 15 heavy (non-hydrogen) atoms. The summed E-state index contributed by atoms with van der Waals surface area (Å²) >= 11 is 7.03. The molecule has 3 aliphatic heterocycles. The minimum Gasteiger partial charge on any atom is -0.354 e. The smallest absolute Gasteiger partial charge is 0.108 e. The van der Waals surface area contributed by atoms with Crippen LogP contribution >= 0.6 is 47.6 Å². The van der Waals surface area contributed by atoms with Gasteiger partial charge in [-0.1, -0.05) is 35.8 Å². The Morgan fingerprint density at radius 3 is 2.13 bits per heavy atom. The molecule has 0 aromatic rings. The van der Waals surface area contributed by atoms with E-state index in [2.05, 4.69) is 19.5 Å². The highest BCUT2D eigenvalue weighted by molar-refractivity contribution is 8.17. The van der Waals surface area contributed by atoms with E-state index in [-0.39, 0.29) is 0 Å². The van der Waals surface area contributed by atoms with Crippen LogP contribution < -0.4 is 19.5 Å². The van der Waals surface area contributed by atoms with Gasteiger partial charge in [-0.15, -0.1) is 11.8 Å². The maximum absolute atomic E-state index is 4.80. The van der Waals surface area contributed by atoms with Crippen LogP contribution in [-0.2, 0) is 4.74 Å². The van der Waals surface area contributed by atoms with Gasteiger partial charge < -0.3 is 4.74 Å². The van der Waals surface area contributed by atoms with Gasteiger partial charge in [-0.3, -0.25) is 10.0 Å². The fourth-order valence-corrected chi connectivity index (χ4v) is 3.27. The topological polar surface area (TPSA) is 57.3 Å². The Kier molecular flexibility index (Phi) is 11.1. The van der Waals surface area contributed by atoms with Gasteiger partial charge in [-0.25, -0.2) is 9.44 Å². The van der Waals surface area contributed by atoms with Gasteiger partial charge >= 0.3 is 0 Å². The monoisotopic (exact) mass is 288 g/mol. The van der Waals surface area contributed by atoms with Crippen molar-refractivity contribution < 1.29 is 4.74 Å². The first kappa shape index (κ1) is 14.3. The number of ether oxygens (including phenoxy) is 1. The summed E-state index contributed by atoms with van der Waals surface area (Å²) in [5.74, 6) is 2.99. The van der Waals surface area contributed by atoms with Crippen molar-refractivity contribution in [3.63, 3.8) is 0 Å². The van der Waals surface area contributed by atoms with Crippen molar-refractivity contribution in [3.8, 4) is 0 Å². The van der Waals surface area contributed by atoms with E-state index in [0.717, 1.165) is 24.4 Å². The van der Waals surface area contributed by atoms with Crippen molar-refractivity contribution in [2.75, 3.05) is 36.2 Å². The molecule has 0 unspecified atom stereocenters. The lowest BCUT2D eigenvalue weighted by Gasteiger charge is -1.75. The summed E-state index contributed by atoms with van der Waals surface area (Å²) in [6.45, 7) is 1.68. The van der Waals surface area contributed by atoms with Crippen molar-refractivity contribution in [1.82, 2.24) is 19.5 Å². The standard InChI is InChI=1S/C2H6N2S.C2H5NOS.C2H5NS2/c1-3-2-5-4-1;2*1-3-5-2-4-1/h3-4H,1-2H2;2*3H,1-2H2. The van der Waals surface area contributed by atoms with E-state index in [4.69, 9.17) is 4.74 Å². The van der Waals surface area contributed by atoms with Gasteiger partial charge in [-0.05, 0) is 0 Å². The Morgan fingerprint density at radius 1 is 0.933 bits per heavy atom. The van der Waals surface area contributed by atoms with Crippen LogP contribution in [0, 0.1) is 0 Å². The molecular formula is C6H16N4OS4. The molecule has 0 aliphatic carbocycles. The quantitative estimate of drug-likeness (QED) is 0.485. The fourth-order valence-electron chi connectivity index (χ4n) is 0.672. The van der Waals surface area contributed by atoms with Gasteiger partial charge in [0, 0.05) is 0 Å². The molecule has 90 valence electrons. The number of hydrogen-bond acceptors (Lipinski definition) is 9. The van der Waals surface area contributed by atoms with E-state index in [1.54, 1.807) is 35.8 Å². The molecule has 3 rings (SSSR count). The summed E-state index contributed by atoms with van der Waals surface area (Å²) in [7, 11) is 0. The third-order valence-electron chi connectivity index (χ3n) is 1.28. The summed E-state index contributed by atoms with van der Waals surface area (Å²) < 4.78 is 13.8. The first-order valence-electron chi connectivity index (χ1n) is 4.40. The SMILES string of the molecule is C1NCSN1.C1NSCO1.C1NSCS1. The Labute approximate surface area is 108 Å². The lowest BCUT2D eigenvalue weighted by Crippen LogP contribution is -2.10. The van der Waals surface area contributed by atoms with Gasteiger partial charge in [0.05, 0.1) is 23.5 Å². The van der Waals surface area contributed by atoms with Crippen molar-refractivity contribution in [2.24, 2.45) is 0 Å². The molecule has 9 heteroatoms. The molecule has 0 atom stereocenters. The molecule has 0 saturated carbocycles. The van der Waals surface area contributed by atoms with Gasteiger partial charge in [0.1, 0.15) is 12.7 Å². The second kappa shape index (κ2) is 11.7. The predicted octanol–water partition coefficient (Wildman–Crippen LogP) is 0.798. The second-order valence-electron chi connectivity index (χ2n) is 2.37. The fraction of sp³-hybridized carbons (Fsp3) is 1.00. The summed E-state index contributed by atoms with van der Waals surface area (Å²) in [6, 6.07) is 0. The second-order valence-corrected chi connectivity index (χ2v) is 6.27. The van der Waals surface area contributed by atoms with E-state index >= 15 is 0 Å². The van der Waals surface area contributed by atoms with Crippen LogP contribution in [0.2, 0.25) is 0 Å². The largest absolute Gasteiger partial charge is 0.354 e. The molecule has 0 aromatic heterocycles. The minimum atomic E-state index is 0.713. The third kappa shape index (κ3) is 10.1. The number of rotatable bonds is 0. The highest BCUT2D eigenvalue weighted by atomic mass is 32.2. The Hall–Kier alpha value is 1.20. The first-order chi connectivity index (χ1) is 7.50. The van der Waals surface area contributed by atoms with Crippen molar-refractivity contribution in [1.29, 1.82) is 0 Å². The van der Waals surface area contributed by atoms with Gasteiger partial charge in [0.15, 0.2) is 0 Å². The number of nitrogens with one attached hydrogen (secondary N) is 4. The summed E-state index contributed by atoms with van der Waals surface area (Å²) in [4.78, 5) is 0. The van der Waals surface area contributed by atoms with Crippen LogP contribution in [0.1, 0.15) is 0 Å². The summed E-state index contributed by atoms with van der Waals surface area (Å²) in [5, 5.41) is 4.30. The van der Waals surface area contributed by atoms with Crippen LogP contribution in [-0.4, -0.2) is 36.2 Å². The maximum atomic E-state index is 4.80. The van der Waals surface area contributed by atoms with Crippen LogP contribution in [0.4, 0.5) is 0 Å². The summed E-state index contributed by atoms with van der Waals surface area (Å²) in [6.07, 6.45) is 0. The van der Waals surface area contributed by atoms with E-state index in [1.807, 2.05) is 11.8 Å². The summed E-state index contributed by atoms with van der Waals surface area (Å²) in [5.41, 5.74) is 0. The normalized spacial score (nSPS) is 24.0. The molecular weight excluding hydrogens is 272 g/mol. The molecule has 3 saturated heterocycles. The molecule has 3 aliphatic rings. The molecule has 4 N–H and O–H groups in total. The first-order valence-corrected chi connectivity index (χ1v) is 8.51. The lowest BCUT2D eigenvalue weighted by molar-refractivity contribution is 0.201. The third-order valence-corrected chi connectivity index (χ3v) is 4.61. The predicted molar refractivity (Wildman–Crippen MR) is 73.2 cm³/mol. The number of hydrogen-bond donors (Lipinski definition) is 4. The van der Waals surface area contributed by atoms with Crippen LogP contribution in [0.15, 0.2) is 0 Å². The van der Waals surface area contributed by atoms with Crippen molar-refractivity contribution in [2.45, 2.75) is 0 Å². The van der Waals surface area contributed by atoms with E-state index < -0.39 is 0 Å². The van der Waals surface area contributed by atoms with Crippen LogP contribution in [0.25, 0.3) is 0 Å². The lowest BCUT2D eigenvalue weighted by atomic mass is 11.1. The maximum Gasteiger partial charge on any atom is 0.108 e. The van der Waals surface area contributed by atoms with Gasteiger partial charge in [0.25, 0.3) is 0 Å². The Morgan fingerprint density at radius 2 is 1.93 bits per heavy atom. The average molecular weight is 288 g/mol. The Bertz CT molecular complexity index is 85.7. The molecule has 3 fully saturated rings. The van der Waals surface area contributed by atoms with Crippen molar-refractivity contribution in [3.05, 3.63) is 0 Å². The minimum absolute atomic E-state index is 0.713. The Balaban J connectivity index is 0.000000112. The number of thioether (sulfide) groups is 1. The highest BCUT2D eigenvalue weighted by Gasteiger charge is 1.94. The zero-order valence-electron chi connectivity index (χ0n) is 8.28. The average Bonchev–Trinajstić information content (AvgIpc) is 3.09.